The quantitative estimate of drug-likeness (QED) is 0.113. The maximum absolute atomic E-state index is 12.9. The van der Waals surface area contributed by atoms with Gasteiger partial charge in [-0.05, 0) is 53.1 Å². The van der Waals surface area contributed by atoms with Crippen LogP contribution in [0.3, 0.4) is 0 Å². The predicted molar refractivity (Wildman–Crippen MR) is 135 cm³/mol. The molecule has 0 spiro atoms. The number of imidazole rings is 1. The van der Waals surface area contributed by atoms with Crippen molar-refractivity contribution in [3.8, 4) is 0 Å². The SMILES string of the molecule is O=C/C=C/CCCC(=O)Nc1cccn(Cc2nc3c(CCC(F)(F)F)ncnc3n2PI)c1=O. The smallest absolute Gasteiger partial charge is 0.321 e. The van der Waals surface area contributed by atoms with Gasteiger partial charge in [0.05, 0.1) is 18.6 Å². The molecule has 186 valence electrons. The Kier molecular flexibility index (Phi) is 9.49. The van der Waals surface area contributed by atoms with E-state index in [4.69, 9.17) is 0 Å². The van der Waals surface area contributed by atoms with Gasteiger partial charge in [0, 0.05) is 25.5 Å². The number of allylic oxidation sites excluding steroid dienone is 2. The molecule has 3 heterocycles. The number of aldehydes is 1. The number of alkyl halides is 3. The van der Waals surface area contributed by atoms with Gasteiger partial charge in [-0.1, -0.05) is 6.08 Å². The summed E-state index contributed by atoms with van der Waals surface area (Å²) in [6.45, 7) is 0.0319. The Morgan fingerprint density at radius 1 is 1.29 bits per heavy atom. The lowest BCUT2D eigenvalue weighted by Gasteiger charge is -2.10. The predicted octanol–water partition coefficient (Wildman–Crippen LogP) is 4.19. The molecule has 1 atom stereocenters. The van der Waals surface area contributed by atoms with Crippen LogP contribution in [0.15, 0.2) is 41.6 Å². The lowest BCUT2D eigenvalue weighted by molar-refractivity contribution is -0.134. The lowest BCUT2D eigenvalue weighted by atomic mass is 10.2. The van der Waals surface area contributed by atoms with E-state index in [1.807, 2.05) is 0 Å². The third-order valence-electron chi connectivity index (χ3n) is 4.91. The molecular formula is C21H21F3IN6O3P. The van der Waals surface area contributed by atoms with Gasteiger partial charge in [0.15, 0.2) is 5.65 Å². The zero-order valence-corrected chi connectivity index (χ0v) is 21.4. The molecule has 0 fully saturated rings. The van der Waals surface area contributed by atoms with Crippen molar-refractivity contribution in [2.45, 2.75) is 44.8 Å². The fourth-order valence-electron chi connectivity index (χ4n) is 3.28. The fraction of sp³-hybridized carbons (Fsp3) is 0.333. The third-order valence-corrected chi connectivity index (χ3v) is 7.00. The summed E-state index contributed by atoms with van der Waals surface area (Å²) in [5.74, 6) is 0.110. The number of anilines is 1. The summed E-state index contributed by atoms with van der Waals surface area (Å²) in [4.78, 5) is 48.0. The van der Waals surface area contributed by atoms with Crippen LogP contribution >= 0.6 is 28.4 Å². The number of carbonyl (C=O) groups is 2. The molecule has 0 radical (unpaired) electrons. The van der Waals surface area contributed by atoms with Gasteiger partial charge < -0.3 is 9.88 Å². The molecule has 1 unspecified atom stereocenters. The van der Waals surface area contributed by atoms with E-state index in [1.165, 1.54) is 23.0 Å². The van der Waals surface area contributed by atoms with Crippen LogP contribution < -0.4 is 10.9 Å². The van der Waals surface area contributed by atoms with E-state index >= 15 is 0 Å². The zero-order chi connectivity index (χ0) is 25.4. The van der Waals surface area contributed by atoms with Crippen LogP contribution in [0.5, 0.6) is 0 Å². The summed E-state index contributed by atoms with van der Waals surface area (Å²) < 4.78 is 41.2. The number of carbonyl (C=O) groups excluding carboxylic acids is 2. The van der Waals surface area contributed by atoms with Crippen LogP contribution in [-0.4, -0.2) is 42.2 Å². The standard InChI is InChI=1S/C21H21F3IN6O3P/c22-21(23,24)9-8-14-18-19(27-13-26-14)31(35-25)16(29-18)12-30-10-5-6-15(20(30)34)28-17(33)7-3-1-2-4-11-32/h2,4-6,10-11,13,35H,1,3,7-9,12H2,(H,28,33)/b4-2+. The van der Waals surface area contributed by atoms with Gasteiger partial charge in [0.2, 0.25) is 5.91 Å². The zero-order valence-electron chi connectivity index (χ0n) is 18.3. The van der Waals surface area contributed by atoms with Crippen molar-refractivity contribution in [1.29, 1.82) is 0 Å². The Morgan fingerprint density at radius 2 is 2.09 bits per heavy atom. The molecule has 0 aromatic carbocycles. The second-order valence-corrected chi connectivity index (χ2v) is 9.48. The normalized spacial score (nSPS) is 12.2. The molecule has 3 aromatic heterocycles. The number of halogens is 4. The Bertz CT molecular complexity index is 1290. The molecule has 0 aliphatic heterocycles. The molecule has 1 N–H and O–H groups in total. The third kappa shape index (κ3) is 7.40. The van der Waals surface area contributed by atoms with Gasteiger partial charge in [-0.25, -0.2) is 15.0 Å². The average Bonchev–Trinajstić information content (AvgIpc) is 3.17. The first-order valence-corrected chi connectivity index (χ1v) is 14.5. The van der Waals surface area contributed by atoms with Crippen LogP contribution in [0.4, 0.5) is 18.9 Å². The van der Waals surface area contributed by atoms with Gasteiger partial charge in [0.1, 0.15) is 29.6 Å². The van der Waals surface area contributed by atoms with E-state index in [2.05, 4.69) is 42.3 Å². The highest BCUT2D eigenvalue weighted by molar-refractivity contribution is 14.2. The summed E-state index contributed by atoms with van der Waals surface area (Å²) in [6.07, 6.45) is 2.17. The summed E-state index contributed by atoms with van der Waals surface area (Å²) >= 11 is 2.11. The average molecular weight is 620 g/mol. The first-order chi connectivity index (χ1) is 16.7. The molecule has 35 heavy (non-hydrogen) atoms. The molecule has 0 bridgehead atoms. The molecule has 14 heteroatoms. The van der Waals surface area contributed by atoms with E-state index < -0.39 is 18.2 Å². The van der Waals surface area contributed by atoms with Crippen molar-refractivity contribution in [3.05, 3.63) is 58.7 Å². The van der Waals surface area contributed by atoms with Gasteiger partial charge >= 0.3 is 6.18 Å². The van der Waals surface area contributed by atoms with Crippen LogP contribution in [0, 0.1) is 0 Å². The van der Waals surface area contributed by atoms with E-state index in [1.54, 1.807) is 22.7 Å². The van der Waals surface area contributed by atoms with Crippen molar-refractivity contribution in [2.24, 2.45) is 0 Å². The lowest BCUT2D eigenvalue weighted by Crippen LogP contribution is -2.26. The number of rotatable bonds is 11. The minimum atomic E-state index is -4.32. The Morgan fingerprint density at radius 3 is 2.80 bits per heavy atom. The Hall–Kier alpha value is -2.67. The monoisotopic (exact) mass is 620 g/mol. The summed E-state index contributed by atoms with van der Waals surface area (Å²) in [6, 6.07) is 3.10. The second-order valence-electron chi connectivity index (χ2n) is 7.42. The highest BCUT2D eigenvalue weighted by Crippen LogP contribution is 2.32. The second kappa shape index (κ2) is 12.3. The van der Waals surface area contributed by atoms with Crippen LogP contribution in [0.1, 0.15) is 37.2 Å². The number of aryl methyl sites for hydroxylation is 1. The van der Waals surface area contributed by atoms with Crippen LogP contribution in [-0.2, 0) is 22.6 Å². The van der Waals surface area contributed by atoms with E-state index in [0.29, 0.717) is 30.6 Å². The topological polar surface area (TPSA) is 112 Å². The molecular weight excluding hydrogens is 599 g/mol. The summed E-state index contributed by atoms with van der Waals surface area (Å²) in [5.41, 5.74) is 0.531. The first kappa shape index (κ1) is 26.9. The number of nitrogens with zero attached hydrogens (tertiary/aromatic N) is 5. The van der Waals surface area contributed by atoms with Crippen LogP contribution in [0.2, 0.25) is 0 Å². The molecule has 3 aromatic rings. The number of fused-ring (bicyclic) bond motifs is 1. The van der Waals surface area contributed by atoms with E-state index in [0.717, 1.165) is 0 Å². The minimum Gasteiger partial charge on any atom is -0.321 e. The van der Waals surface area contributed by atoms with Crippen molar-refractivity contribution in [3.63, 3.8) is 0 Å². The number of unbranched alkanes of at least 4 members (excludes halogenated alkanes) is 1. The highest BCUT2D eigenvalue weighted by Gasteiger charge is 2.28. The maximum atomic E-state index is 12.9. The Labute approximate surface area is 212 Å². The molecule has 3 rings (SSSR count). The number of pyridine rings is 1. The minimum absolute atomic E-state index is 0.0319. The van der Waals surface area contributed by atoms with Crippen LogP contribution in [0.25, 0.3) is 11.2 Å². The summed E-state index contributed by atoms with van der Waals surface area (Å²) in [7, 11) is 0. The number of nitrogens with one attached hydrogen (secondary N) is 1. The van der Waals surface area contributed by atoms with Gasteiger partial charge in [-0.2, -0.15) is 13.2 Å². The molecule has 0 aliphatic carbocycles. The number of hydrogen-bond acceptors (Lipinski definition) is 6. The molecule has 0 saturated heterocycles. The van der Waals surface area contributed by atoms with Crippen molar-refractivity contribution in [2.75, 3.05) is 5.32 Å². The number of aromatic nitrogens is 5. The molecule has 1 amide bonds. The Balaban J connectivity index is 1.81. The molecule has 9 nitrogen and oxygen atoms in total. The number of amides is 1. The van der Waals surface area contributed by atoms with Crippen molar-refractivity contribution < 1.29 is 22.8 Å². The van der Waals surface area contributed by atoms with Gasteiger partial charge in [-0.3, -0.25) is 18.7 Å². The fourth-order valence-corrected chi connectivity index (χ4v) is 5.26. The van der Waals surface area contributed by atoms with E-state index in [-0.39, 0.29) is 48.6 Å². The first-order valence-electron chi connectivity index (χ1n) is 10.5. The van der Waals surface area contributed by atoms with Gasteiger partial charge in [0.25, 0.3) is 5.56 Å². The highest BCUT2D eigenvalue weighted by atomic mass is 127. The molecule has 0 saturated carbocycles. The van der Waals surface area contributed by atoms with Crippen molar-refractivity contribution in [1.82, 2.24) is 23.9 Å². The maximum Gasteiger partial charge on any atom is 0.389 e. The summed E-state index contributed by atoms with van der Waals surface area (Å²) in [5, 5.41) is 2.60. The van der Waals surface area contributed by atoms with Gasteiger partial charge in [-0.15, -0.1) is 0 Å². The largest absolute Gasteiger partial charge is 0.389 e. The molecule has 0 aliphatic rings. The van der Waals surface area contributed by atoms with Crippen molar-refractivity contribution >= 4 is 57.5 Å². The van der Waals surface area contributed by atoms with E-state index in [9.17, 15) is 27.6 Å². The number of hydrogen-bond donors (Lipinski definition) is 1.